The van der Waals surface area contributed by atoms with Gasteiger partial charge in [0.2, 0.25) is 0 Å². The molecule has 10 aromatic rings. The molecule has 3 heteroatoms. The summed E-state index contributed by atoms with van der Waals surface area (Å²) in [6.45, 7) is 9.67. The summed E-state index contributed by atoms with van der Waals surface area (Å²) in [4.78, 5) is 4.83. The van der Waals surface area contributed by atoms with Crippen LogP contribution >= 0.6 is 0 Å². The van der Waals surface area contributed by atoms with Crippen molar-refractivity contribution in [2.24, 2.45) is 5.92 Å². The van der Waals surface area contributed by atoms with E-state index in [0.717, 1.165) is 28.4 Å². The molecule has 1 heterocycles. The van der Waals surface area contributed by atoms with E-state index in [1.165, 1.54) is 77.7 Å². The summed E-state index contributed by atoms with van der Waals surface area (Å²) in [5.41, 5.74) is 20.9. The topological polar surface area (TPSA) is 11.4 Å². The van der Waals surface area contributed by atoms with Gasteiger partial charge in [0, 0.05) is 61.9 Å². The predicted molar refractivity (Wildman–Crippen MR) is 290 cm³/mol. The van der Waals surface area contributed by atoms with E-state index in [-0.39, 0.29) is 10.8 Å². The highest BCUT2D eigenvalue weighted by Crippen LogP contribution is 2.55. The molecular weight excluding hydrogens is 835 g/mol. The summed E-state index contributed by atoms with van der Waals surface area (Å²) in [5.74, 6) is 0.673. The van der Waals surface area contributed by atoms with Crippen LogP contribution in [-0.2, 0) is 10.8 Å². The number of anilines is 5. The lowest BCUT2D eigenvalue weighted by Gasteiger charge is -2.35. The van der Waals surface area contributed by atoms with E-state index < -0.39 is 0 Å². The predicted octanol–water partition coefficient (Wildman–Crippen LogP) is 17.5. The summed E-state index contributed by atoms with van der Waals surface area (Å²) in [5, 5.41) is 2.53. The minimum Gasteiger partial charge on any atom is -0.311 e. The van der Waals surface area contributed by atoms with E-state index >= 15 is 0 Å². The number of para-hydroxylation sites is 4. The van der Waals surface area contributed by atoms with Crippen molar-refractivity contribution in [3.8, 4) is 27.9 Å². The second-order valence-corrected chi connectivity index (χ2v) is 20.2. The Kier molecular flexibility index (Phi) is 9.36. The number of fused-ring (bicyclic) bond motifs is 9. The van der Waals surface area contributed by atoms with Crippen LogP contribution in [0.25, 0.3) is 49.7 Å². The fourth-order valence-corrected chi connectivity index (χ4v) is 12.2. The molecule has 0 N–H and O–H groups in total. The third kappa shape index (κ3) is 6.48. The average molecular weight is 888 g/mol. The lowest BCUT2D eigenvalue weighted by Crippen LogP contribution is -2.28. The zero-order valence-electron chi connectivity index (χ0n) is 39.5. The van der Waals surface area contributed by atoms with Gasteiger partial charge in [-0.25, -0.2) is 0 Å². The first-order chi connectivity index (χ1) is 33.7. The van der Waals surface area contributed by atoms with Crippen LogP contribution in [0.5, 0.6) is 0 Å². The van der Waals surface area contributed by atoms with Crippen LogP contribution in [-0.4, -0.2) is 4.57 Å². The highest BCUT2D eigenvalue weighted by atomic mass is 15.2. The summed E-state index contributed by atoms with van der Waals surface area (Å²) in [6, 6.07) is 80.4. The smallest absolute Gasteiger partial charge is 0.0541 e. The molecule has 69 heavy (non-hydrogen) atoms. The minimum absolute atomic E-state index is 0.0125. The van der Waals surface area contributed by atoms with Gasteiger partial charge in [0.25, 0.3) is 0 Å². The molecule has 0 saturated carbocycles. The molecule has 3 nitrogen and oxygen atoms in total. The number of allylic oxidation sites excluding steroid dienone is 3. The molecule has 2 unspecified atom stereocenters. The quantitative estimate of drug-likeness (QED) is 0.151. The molecular formula is C66H53N3. The molecule has 0 saturated heterocycles. The molecule has 3 aliphatic carbocycles. The molecule has 0 aliphatic heterocycles. The van der Waals surface area contributed by atoms with Crippen LogP contribution in [0.4, 0.5) is 28.4 Å². The van der Waals surface area contributed by atoms with Gasteiger partial charge in [-0.05, 0) is 159 Å². The van der Waals surface area contributed by atoms with E-state index in [1.807, 2.05) is 0 Å². The van der Waals surface area contributed by atoms with Gasteiger partial charge in [0.1, 0.15) is 0 Å². The maximum absolute atomic E-state index is 2.56. The van der Waals surface area contributed by atoms with E-state index in [1.54, 1.807) is 0 Å². The fourth-order valence-electron chi connectivity index (χ4n) is 12.2. The lowest BCUT2D eigenvalue weighted by molar-refractivity contribution is 0.392. The Bertz CT molecular complexity index is 3630. The Hall–Kier alpha value is -8.14. The summed E-state index contributed by atoms with van der Waals surface area (Å²) in [6.07, 6.45) is 7.40. The van der Waals surface area contributed by atoms with E-state index in [9.17, 15) is 0 Å². The van der Waals surface area contributed by atoms with Crippen LogP contribution in [0.15, 0.2) is 242 Å². The Labute approximate surface area is 405 Å². The van der Waals surface area contributed by atoms with Gasteiger partial charge < -0.3 is 14.4 Å². The number of benzene rings is 9. The number of nitrogens with zero attached hydrogens (tertiary/aromatic N) is 3. The van der Waals surface area contributed by atoms with Gasteiger partial charge >= 0.3 is 0 Å². The fraction of sp³-hybridized carbons (Fsp3) is 0.121. The van der Waals surface area contributed by atoms with E-state index in [2.05, 4.69) is 279 Å². The number of hydrogen-bond donors (Lipinski definition) is 0. The molecule has 1 aromatic heterocycles. The van der Waals surface area contributed by atoms with Gasteiger partial charge in [-0.2, -0.15) is 0 Å². The molecule has 2 atom stereocenters. The zero-order chi connectivity index (χ0) is 46.4. The van der Waals surface area contributed by atoms with Crippen LogP contribution in [0.2, 0.25) is 0 Å². The van der Waals surface area contributed by atoms with Gasteiger partial charge in [0.15, 0.2) is 0 Å². The highest BCUT2D eigenvalue weighted by Gasteiger charge is 2.45. The molecule has 3 aliphatic rings. The Morgan fingerprint density at radius 3 is 1.68 bits per heavy atom. The minimum atomic E-state index is -0.234. The summed E-state index contributed by atoms with van der Waals surface area (Å²) < 4.78 is 2.39. The molecule has 0 amide bonds. The second-order valence-electron chi connectivity index (χ2n) is 20.2. The van der Waals surface area contributed by atoms with Gasteiger partial charge in [-0.15, -0.1) is 0 Å². The largest absolute Gasteiger partial charge is 0.311 e. The standard InChI is InChI=1S/C66H53N3/c1-65(2)59-26-16-14-24-53(59)55-37-34-51(42-61(55)65)68(50-32-30-49(31-33-50)67(46-18-8-5-9-19-46)47-20-10-6-11-21-47)52-35-38-56-54-36-28-45(41-60(54)66(3,4)62(56)43-52)44-29-39-64-58(40-44)57-25-15-17-27-63(57)69(64)48-22-12-7-13-23-48/h5-43,55,61H,1-4H3. The molecule has 0 bridgehead atoms. The summed E-state index contributed by atoms with van der Waals surface area (Å²) >= 11 is 0. The molecule has 332 valence electrons. The second kappa shape index (κ2) is 15.7. The molecule has 13 rings (SSSR count). The van der Waals surface area contributed by atoms with Crippen molar-refractivity contribution in [3.05, 3.63) is 265 Å². The lowest BCUT2D eigenvalue weighted by atomic mass is 9.74. The van der Waals surface area contributed by atoms with Crippen LogP contribution in [0.1, 0.15) is 55.9 Å². The van der Waals surface area contributed by atoms with Crippen molar-refractivity contribution < 1.29 is 0 Å². The molecule has 0 spiro atoms. The number of aromatic nitrogens is 1. The van der Waals surface area contributed by atoms with Crippen LogP contribution < -0.4 is 9.80 Å². The van der Waals surface area contributed by atoms with Crippen LogP contribution in [0, 0.1) is 5.92 Å². The Morgan fingerprint density at radius 2 is 0.957 bits per heavy atom. The summed E-state index contributed by atoms with van der Waals surface area (Å²) in [7, 11) is 0. The third-order valence-corrected chi connectivity index (χ3v) is 15.7. The van der Waals surface area contributed by atoms with Crippen molar-refractivity contribution in [2.75, 3.05) is 9.80 Å². The van der Waals surface area contributed by atoms with Crippen molar-refractivity contribution in [3.63, 3.8) is 0 Å². The van der Waals surface area contributed by atoms with Gasteiger partial charge in [-0.1, -0.05) is 161 Å². The Morgan fingerprint density at radius 1 is 0.420 bits per heavy atom. The van der Waals surface area contributed by atoms with E-state index in [0.29, 0.717) is 11.8 Å². The Balaban J connectivity index is 0.902. The molecule has 0 fully saturated rings. The third-order valence-electron chi connectivity index (χ3n) is 15.7. The van der Waals surface area contributed by atoms with Gasteiger partial charge in [-0.3, -0.25) is 0 Å². The van der Waals surface area contributed by atoms with Crippen LogP contribution in [0.3, 0.4) is 0 Å². The maximum atomic E-state index is 2.56. The normalized spacial score (nSPS) is 17.0. The monoisotopic (exact) mass is 887 g/mol. The first-order valence-corrected chi connectivity index (χ1v) is 24.4. The first-order valence-electron chi connectivity index (χ1n) is 24.4. The molecule has 0 radical (unpaired) electrons. The number of hydrogen-bond acceptors (Lipinski definition) is 2. The zero-order valence-corrected chi connectivity index (χ0v) is 39.5. The van der Waals surface area contributed by atoms with E-state index in [4.69, 9.17) is 0 Å². The van der Waals surface area contributed by atoms with Crippen molar-refractivity contribution in [1.82, 2.24) is 4.57 Å². The van der Waals surface area contributed by atoms with Gasteiger partial charge in [0.05, 0.1) is 11.0 Å². The average Bonchev–Trinajstić information content (AvgIpc) is 3.94. The first kappa shape index (κ1) is 41.1. The maximum Gasteiger partial charge on any atom is 0.0541 e. The molecule has 9 aromatic carbocycles. The van der Waals surface area contributed by atoms with Crippen molar-refractivity contribution in [1.29, 1.82) is 0 Å². The van der Waals surface area contributed by atoms with Crippen molar-refractivity contribution >= 4 is 50.2 Å². The number of rotatable bonds is 8. The highest BCUT2D eigenvalue weighted by molar-refractivity contribution is 6.10. The van der Waals surface area contributed by atoms with Crippen molar-refractivity contribution in [2.45, 2.75) is 44.4 Å². The SMILES string of the molecule is CC1(C)c2cc(-c3ccc4c(c3)c3ccccc3n4-c3ccccc3)ccc2-c2ccc(N(C3=CC4C(C=C3)c3ccccc3C4(C)C)c3ccc(N(c4ccccc4)c4ccccc4)cc3)cc21.